The van der Waals surface area contributed by atoms with Crippen LogP contribution in [-0.2, 0) is 4.79 Å². The van der Waals surface area contributed by atoms with Gasteiger partial charge in [-0.1, -0.05) is 15.9 Å². The molecule has 0 amide bonds. The second-order valence-corrected chi connectivity index (χ2v) is 5.90. The summed E-state index contributed by atoms with van der Waals surface area (Å²) in [7, 11) is 1.60. The van der Waals surface area contributed by atoms with Crippen LogP contribution >= 0.6 is 15.9 Å². The Kier molecular flexibility index (Phi) is 4.48. The normalized spacial score (nSPS) is 24.8. The summed E-state index contributed by atoms with van der Waals surface area (Å²) < 4.78 is 6.25. The first-order valence-electron chi connectivity index (χ1n) is 6.41. The minimum absolute atomic E-state index is 0.137. The van der Waals surface area contributed by atoms with Crippen LogP contribution in [0.25, 0.3) is 0 Å². The molecule has 0 saturated heterocycles. The number of carboxylic acids is 1. The Morgan fingerprint density at radius 3 is 2.86 bits per heavy atom. The Labute approximate surface area is 129 Å². The van der Waals surface area contributed by atoms with E-state index in [0.717, 1.165) is 0 Å². The number of carbonyl (C=O) groups is 1. The molecule has 1 fully saturated rings. The summed E-state index contributed by atoms with van der Waals surface area (Å²) in [5, 5.41) is 23.2. The van der Waals surface area contributed by atoms with Gasteiger partial charge in [0.2, 0.25) is 0 Å². The largest absolute Gasteiger partial charge is 0.483 e. The Balaban J connectivity index is 2.17. The van der Waals surface area contributed by atoms with E-state index in [4.69, 9.17) is 4.74 Å². The summed E-state index contributed by atoms with van der Waals surface area (Å²) in [5.41, 5.74) is -1.16. The minimum Gasteiger partial charge on any atom is -0.483 e. The number of nitro groups is 1. The number of nitrogens with one attached hydrogen (secondary N) is 1. The number of ether oxygens (including phenoxy) is 1. The van der Waals surface area contributed by atoms with Crippen LogP contribution in [0.1, 0.15) is 19.3 Å². The monoisotopic (exact) mass is 358 g/mol. The van der Waals surface area contributed by atoms with Crippen LogP contribution < -0.4 is 10.1 Å². The first kappa shape index (κ1) is 15.7. The van der Waals surface area contributed by atoms with Crippen molar-refractivity contribution < 1.29 is 19.6 Å². The molecule has 2 unspecified atom stereocenters. The summed E-state index contributed by atoms with van der Waals surface area (Å²) in [6.07, 6.45) is 0.855. The van der Waals surface area contributed by atoms with Crippen molar-refractivity contribution in [3.05, 3.63) is 32.8 Å². The molecule has 0 heterocycles. The summed E-state index contributed by atoms with van der Waals surface area (Å²) in [4.78, 5) is 21.9. The molecule has 0 aromatic heterocycles. The van der Waals surface area contributed by atoms with E-state index in [2.05, 4.69) is 21.2 Å². The molecule has 0 radical (unpaired) electrons. The number of rotatable bonds is 5. The molecule has 1 aliphatic carbocycles. The fraction of sp³-hybridized carbons (Fsp3) is 0.462. The zero-order chi connectivity index (χ0) is 15.6. The minimum atomic E-state index is -1.02. The number of aliphatic carboxylic acids is 1. The van der Waals surface area contributed by atoms with Crippen LogP contribution in [0.3, 0.4) is 0 Å². The van der Waals surface area contributed by atoms with Crippen molar-refractivity contribution in [3.63, 3.8) is 0 Å². The molecule has 7 nitrogen and oxygen atoms in total. The molecule has 0 spiro atoms. The van der Waals surface area contributed by atoms with Gasteiger partial charge in [0.15, 0.2) is 5.75 Å². The van der Waals surface area contributed by atoms with E-state index >= 15 is 0 Å². The molecular weight excluding hydrogens is 344 g/mol. The molecular formula is C13H15BrN2O5. The van der Waals surface area contributed by atoms with Crippen molar-refractivity contribution in [1.82, 2.24) is 5.32 Å². The summed E-state index contributed by atoms with van der Waals surface area (Å²) in [6, 6.07) is 4.54. The van der Waals surface area contributed by atoms with Crippen molar-refractivity contribution in [3.8, 4) is 5.75 Å². The second kappa shape index (κ2) is 5.98. The van der Waals surface area contributed by atoms with Gasteiger partial charge in [0.25, 0.3) is 0 Å². The lowest BCUT2D eigenvalue weighted by atomic mass is 9.98. The van der Waals surface area contributed by atoms with E-state index in [-0.39, 0.29) is 24.0 Å². The molecule has 1 aliphatic rings. The highest BCUT2D eigenvalue weighted by Gasteiger charge is 2.45. The van der Waals surface area contributed by atoms with Gasteiger partial charge in [0.05, 0.1) is 4.92 Å². The van der Waals surface area contributed by atoms with E-state index in [1.807, 2.05) is 0 Å². The molecule has 2 atom stereocenters. The van der Waals surface area contributed by atoms with Gasteiger partial charge >= 0.3 is 11.7 Å². The quantitative estimate of drug-likeness (QED) is 0.618. The fourth-order valence-electron chi connectivity index (χ4n) is 2.54. The maximum atomic E-state index is 11.3. The first-order valence-corrected chi connectivity index (χ1v) is 7.20. The molecule has 8 heteroatoms. The van der Waals surface area contributed by atoms with E-state index in [1.54, 1.807) is 13.1 Å². The van der Waals surface area contributed by atoms with Gasteiger partial charge in [0, 0.05) is 17.0 Å². The number of carboxylic acid groups (broad SMARTS) is 1. The molecule has 1 aromatic rings. The molecule has 1 saturated carbocycles. The van der Waals surface area contributed by atoms with Gasteiger partial charge in [-0.25, -0.2) is 0 Å². The standard InChI is InChI=1S/C13H15BrN2O5/c1-15-13(12(17)18)5-4-9(7-13)21-11-3-2-8(14)6-10(11)16(19)20/h2-3,6,9,15H,4-5,7H2,1H3,(H,17,18). The predicted octanol–water partition coefficient (Wildman–Crippen LogP) is 2.33. The Hall–Kier alpha value is -1.67. The van der Waals surface area contributed by atoms with Crippen molar-refractivity contribution in [1.29, 1.82) is 0 Å². The zero-order valence-electron chi connectivity index (χ0n) is 11.3. The van der Waals surface area contributed by atoms with E-state index < -0.39 is 16.4 Å². The lowest BCUT2D eigenvalue weighted by molar-refractivity contribution is -0.386. The van der Waals surface area contributed by atoms with Crippen LogP contribution in [0.2, 0.25) is 0 Å². The topological polar surface area (TPSA) is 102 Å². The van der Waals surface area contributed by atoms with E-state index in [9.17, 15) is 20.0 Å². The second-order valence-electron chi connectivity index (χ2n) is 4.99. The first-order chi connectivity index (χ1) is 9.88. The van der Waals surface area contributed by atoms with Crippen LogP contribution in [0.4, 0.5) is 5.69 Å². The highest BCUT2D eigenvalue weighted by atomic mass is 79.9. The highest BCUT2D eigenvalue weighted by molar-refractivity contribution is 9.10. The molecule has 114 valence electrons. The Bertz CT molecular complexity index is 580. The Morgan fingerprint density at radius 1 is 1.62 bits per heavy atom. The summed E-state index contributed by atoms with van der Waals surface area (Å²) in [6.45, 7) is 0. The molecule has 21 heavy (non-hydrogen) atoms. The lowest BCUT2D eigenvalue weighted by Gasteiger charge is -2.23. The van der Waals surface area contributed by atoms with E-state index in [0.29, 0.717) is 17.3 Å². The van der Waals surface area contributed by atoms with Gasteiger partial charge in [-0.3, -0.25) is 14.9 Å². The SMILES string of the molecule is CNC1(C(=O)O)CCC(Oc2ccc(Br)cc2[N+](=O)[O-])C1. The maximum absolute atomic E-state index is 11.3. The van der Waals surface area contributed by atoms with Gasteiger partial charge in [-0.2, -0.15) is 0 Å². The number of halogens is 1. The average molecular weight is 359 g/mol. The van der Waals surface area contributed by atoms with Crippen molar-refractivity contribution in [2.75, 3.05) is 7.05 Å². The van der Waals surface area contributed by atoms with Crippen LogP contribution in [-0.4, -0.2) is 34.7 Å². The highest BCUT2D eigenvalue weighted by Crippen LogP contribution is 2.36. The number of likely N-dealkylation sites (N-methyl/N-ethyl adjacent to an activating group) is 1. The van der Waals surface area contributed by atoms with Crippen LogP contribution in [0.5, 0.6) is 5.75 Å². The third-order valence-corrected chi connectivity index (χ3v) is 4.26. The summed E-state index contributed by atoms with van der Waals surface area (Å²) >= 11 is 3.18. The average Bonchev–Trinajstić information content (AvgIpc) is 2.85. The van der Waals surface area contributed by atoms with Crippen molar-refractivity contribution >= 4 is 27.6 Å². The predicted molar refractivity (Wildman–Crippen MR) is 78.5 cm³/mol. The van der Waals surface area contributed by atoms with Gasteiger partial charge < -0.3 is 15.2 Å². The Morgan fingerprint density at radius 2 is 2.33 bits per heavy atom. The molecule has 2 rings (SSSR count). The van der Waals surface area contributed by atoms with Crippen LogP contribution in [0.15, 0.2) is 22.7 Å². The smallest absolute Gasteiger partial charge is 0.324 e. The van der Waals surface area contributed by atoms with Crippen molar-refractivity contribution in [2.45, 2.75) is 30.9 Å². The molecule has 2 N–H and O–H groups in total. The zero-order valence-corrected chi connectivity index (χ0v) is 12.9. The number of nitrogens with zero attached hydrogens (tertiary/aromatic N) is 1. The lowest BCUT2D eigenvalue weighted by Crippen LogP contribution is -2.48. The third kappa shape index (κ3) is 3.16. The van der Waals surface area contributed by atoms with Crippen LogP contribution in [0, 0.1) is 10.1 Å². The number of hydrogen-bond donors (Lipinski definition) is 2. The van der Waals surface area contributed by atoms with E-state index in [1.165, 1.54) is 12.1 Å². The van der Waals surface area contributed by atoms with Gasteiger partial charge in [0.1, 0.15) is 11.6 Å². The molecule has 1 aromatic carbocycles. The molecule has 0 aliphatic heterocycles. The van der Waals surface area contributed by atoms with Crippen molar-refractivity contribution in [2.24, 2.45) is 0 Å². The van der Waals surface area contributed by atoms with Gasteiger partial charge in [-0.05, 0) is 32.0 Å². The maximum Gasteiger partial charge on any atom is 0.324 e. The van der Waals surface area contributed by atoms with Gasteiger partial charge in [-0.15, -0.1) is 0 Å². The summed E-state index contributed by atoms with van der Waals surface area (Å²) in [5.74, 6) is -0.771. The molecule has 0 bridgehead atoms. The number of benzene rings is 1. The number of nitro benzene ring substituents is 1. The fourth-order valence-corrected chi connectivity index (χ4v) is 2.89. The third-order valence-electron chi connectivity index (χ3n) is 3.77. The number of hydrogen-bond acceptors (Lipinski definition) is 5.